The number of rotatable bonds is 3. The molecule has 2 aromatic heterocycles. The van der Waals surface area contributed by atoms with Crippen LogP contribution in [-0.4, -0.2) is 9.97 Å². The molecule has 0 atom stereocenters. The lowest BCUT2D eigenvalue weighted by Gasteiger charge is -2.39. The maximum Gasteiger partial charge on any atom is 0.160 e. The zero-order valence-electron chi connectivity index (χ0n) is 25.2. The number of hydrogen-bond acceptors (Lipinski definition) is 4. The molecule has 0 N–H and O–H groups in total. The second kappa shape index (κ2) is 9.87. The molecule has 1 spiro atoms. The second-order valence-corrected chi connectivity index (χ2v) is 12.1. The third kappa shape index (κ3) is 3.70. The minimum Gasteiger partial charge on any atom is -0.464 e. The van der Waals surface area contributed by atoms with Gasteiger partial charge in [-0.05, 0) is 58.7 Å². The quantitative estimate of drug-likeness (QED) is 0.202. The molecular weight excluding hydrogens is 576 g/mol. The lowest BCUT2D eigenvalue weighted by molar-refractivity contribution is 0.436. The van der Waals surface area contributed by atoms with Gasteiger partial charge in [-0.1, -0.05) is 115 Å². The molecule has 2 aliphatic rings. The zero-order chi connectivity index (χ0) is 31.0. The highest BCUT2D eigenvalue weighted by atomic mass is 16.5. The van der Waals surface area contributed by atoms with E-state index in [9.17, 15) is 0 Å². The first kappa shape index (κ1) is 26.0. The molecule has 10 rings (SSSR count). The zero-order valence-corrected chi connectivity index (χ0v) is 25.2. The number of para-hydroxylation sites is 2. The Morgan fingerprint density at radius 3 is 1.85 bits per heavy atom. The second-order valence-electron chi connectivity index (χ2n) is 12.1. The average molecular weight is 603 g/mol. The standard InChI is InChI=1S/C43H26N2O2/c1-3-12-27(13-4-1)36-26-37(45-42(44-36)28-14-5-2-6-15-28)30-16-11-19-34-41(30)31-25-40-29(22-23-46-40)24-35(31)43(34)32-17-7-9-20-38(32)47-39-21-10-8-18-33(39)43/h1-26H. The molecule has 6 aromatic carbocycles. The van der Waals surface area contributed by atoms with E-state index in [4.69, 9.17) is 19.1 Å². The highest BCUT2D eigenvalue weighted by Gasteiger charge is 2.52. The Morgan fingerprint density at radius 2 is 1.11 bits per heavy atom. The monoisotopic (exact) mass is 602 g/mol. The van der Waals surface area contributed by atoms with Crippen LogP contribution in [0, 0.1) is 0 Å². The van der Waals surface area contributed by atoms with Crippen molar-refractivity contribution < 1.29 is 9.15 Å². The highest BCUT2D eigenvalue weighted by Crippen LogP contribution is 2.63. The van der Waals surface area contributed by atoms with E-state index in [-0.39, 0.29) is 0 Å². The molecule has 0 saturated carbocycles. The van der Waals surface area contributed by atoms with E-state index >= 15 is 0 Å². The molecule has 0 bridgehead atoms. The number of benzene rings is 6. The van der Waals surface area contributed by atoms with Crippen LogP contribution in [0.25, 0.3) is 56.0 Å². The summed E-state index contributed by atoms with van der Waals surface area (Å²) in [4.78, 5) is 10.3. The Hall–Kier alpha value is -6.26. The Kier molecular flexibility index (Phi) is 5.46. The van der Waals surface area contributed by atoms with Crippen LogP contribution in [0.15, 0.2) is 162 Å². The van der Waals surface area contributed by atoms with Crippen molar-refractivity contribution in [3.8, 4) is 56.5 Å². The van der Waals surface area contributed by atoms with E-state index in [1.54, 1.807) is 6.26 Å². The summed E-state index contributed by atoms with van der Waals surface area (Å²) in [5.74, 6) is 2.42. The van der Waals surface area contributed by atoms with Gasteiger partial charge in [-0.2, -0.15) is 0 Å². The van der Waals surface area contributed by atoms with Crippen LogP contribution in [0.4, 0.5) is 0 Å². The topological polar surface area (TPSA) is 48.2 Å². The Morgan fingerprint density at radius 1 is 0.468 bits per heavy atom. The highest BCUT2D eigenvalue weighted by molar-refractivity contribution is 6.00. The smallest absolute Gasteiger partial charge is 0.160 e. The van der Waals surface area contributed by atoms with Gasteiger partial charge in [-0.3, -0.25) is 0 Å². The van der Waals surface area contributed by atoms with Gasteiger partial charge in [0.15, 0.2) is 5.82 Å². The van der Waals surface area contributed by atoms with E-state index in [0.717, 1.165) is 72.8 Å². The number of fused-ring (bicyclic) bond motifs is 10. The summed E-state index contributed by atoms with van der Waals surface area (Å²) < 4.78 is 12.6. The molecule has 3 heterocycles. The van der Waals surface area contributed by atoms with Gasteiger partial charge in [0.1, 0.15) is 17.1 Å². The SMILES string of the molecule is c1ccc(-c2cc(-c3cccc4c3-c3cc5occc5cc3C43c4ccccc4Oc4ccccc43)nc(-c3ccccc3)n2)cc1. The van der Waals surface area contributed by atoms with E-state index in [0.29, 0.717) is 5.82 Å². The molecule has 47 heavy (non-hydrogen) atoms. The molecule has 0 fully saturated rings. The normalized spacial score (nSPS) is 13.4. The van der Waals surface area contributed by atoms with Crippen molar-refractivity contribution in [2.24, 2.45) is 0 Å². The van der Waals surface area contributed by atoms with Crippen LogP contribution in [-0.2, 0) is 5.41 Å². The van der Waals surface area contributed by atoms with Crippen LogP contribution >= 0.6 is 0 Å². The number of furan rings is 1. The Balaban J connectivity index is 1.33. The third-order valence-electron chi connectivity index (χ3n) is 9.64. The number of hydrogen-bond donors (Lipinski definition) is 0. The van der Waals surface area contributed by atoms with Crippen LogP contribution in [0.1, 0.15) is 22.3 Å². The van der Waals surface area contributed by atoms with Crippen molar-refractivity contribution in [3.63, 3.8) is 0 Å². The minimum absolute atomic E-state index is 0.602. The lowest BCUT2D eigenvalue weighted by Crippen LogP contribution is -2.32. The van der Waals surface area contributed by atoms with Gasteiger partial charge in [0.05, 0.1) is 23.1 Å². The van der Waals surface area contributed by atoms with Gasteiger partial charge in [-0.15, -0.1) is 0 Å². The molecule has 4 heteroatoms. The minimum atomic E-state index is -0.602. The van der Waals surface area contributed by atoms with Crippen LogP contribution < -0.4 is 4.74 Å². The summed E-state index contributed by atoms with van der Waals surface area (Å²) in [6, 6.07) is 52.8. The summed E-state index contributed by atoms with van der Waals surface area (Å²) in [5.41, 5.74) is 12.0. The Bertz CT molecular complexity index is 2400. The number of ether oxygens (including phenoxy) is 1. The fraction of sp³-hybridized carbons (Fsp3) is 0.0233. The first-order valence-corrected chi connectivity index (χ1v) is 15.8. The van der Waals surface area contributed by atoms with Crippen molar-refractivity contribution >= 4 is 11.0 Å². The first-order valence-electron chi connectivity index (χ1n) is 15.8. The van der Waals surface area contributed by atoms with E-state index < -0.39 is 5.41 Å². The maximum absolute atomic E-state index is 6.57. The number of aromatic nitrogens is 2. The van der Waals surface area contributed by atoms with Crippen LogP contribution in [0.2, 0.25) is 0 Å². The molecule has 1 aliphatic carbocycles. The Labute approximate surface area is 271 Å². The molecule has 0 amide bonds. The average Bonchev–Trinajstić information content (AvgIpc) is 3.72. The fourth-order valence-corrected chi connectivity index (χ4v) is 7.67. The molecule has 0 saturated heterocycles. The fourth-order valence-electron chi connectivity index (χ4n) is 7.67. The van der Waals surface area contributed by atoms with Gasteiger partial charge >= 0.3 is 0 Å². The van der Waals surface area contributed by atoms with Crippen molar-refractivity contribution in [1.82, 2.24) is 9.97 Å². The van der Waals surface area contributed by atoms with E-state index in [1.165, 1.54) is 11.1 Å². The molecule has 0 unspecified atom stereocenters. The maximum atomic E-state index is 6.57. The molecule has 8 aromatic rings. The van der Waals surface area contributed by atoms with Crippen molar-refractivity contribution in [1.29, 1.82) is 0 Å². The largest absolute Gasteiger partial charge is 0.464 e. The van der Waals surface area contributed by atoms with Crippen LogP contribution in [0.5, 0.6) is 11.5 Å². The van der Waals surface area contributed by atoms with Gasteiger partial charge < -0.3 is 9.15 Å². The van der Waals surface area contributed by atoms with Crippen molar-refractivity contribution in [2.75, 3.05) is 0 Å². The predicted molar refractivity (Wildman–Crippen MR) is 185 cm³/mol. The third-order valence-corrected chi connectivity index (χ3v) is 9.64. The lowest BCUT2D eigenvalue weighted by atomic mass is 9.66. The molecular formula is C43H26N2O2. The van der Waals surface area contributed by atoms with Gasteiger partial charge in [-0.25, -0.2) is 9.97 Å². The molecule has 4 nitrogen and oxygen atoms in total. The summed E-state index contributed by atoms with van der Waals surface area (Å²) >= 11 is 0. The summed E-state index contributed by atoms with van der Waals surface area (Å²) in [5, 5.41) is 1.07. The van der Waals surface area contributed by atoms with E-state index in [2.05, 4.69) is 97.1 Å². The summed E-state index contributed by atoms with van der Waals surface area (Å²) in [6.45, 7) is 0. The predicted octanol–water partition coefficient (Wildman–Crippen LogP) is 10.7. The van der Waals surface area contributed by atoms with Crippen molar-refractivity contribution in [2.45, 2.75) is 5.41 Å². The van der Waals surface area contributed by atoms with E-state index in [1.807, 2.05) is 54.6 Å². The first-order chi connectivity index (χ1) is 23.3. The van der Waals surface area contributed by atoms with Gasteiger partial charge in [0.2, 0.25) is 0 Å². The van der Waals surface area contributed by atoms with Crippen LogP contribution in [0.3, 0.4) is 0 Å². The number of nitrogens with zero attached hydrogens (tertiary/aromatic N) is 2. The van der Waals surface area contributed by atoms with Gasteiger partial charge in [0.25, 0.3) is 0 Å². The summed E-state index contributed by atoms with van der Waals surface area (Å²) in [7, 11) is 0. The summed E-state index contributed by atoms with van der Waals surface area (Å²) in [6.07, 6.45) is 1.77. The van der Waals surface area contributed by atoms with Crippen molar-refractivity contribution in [3.05, 3.63) is 180 Å². The van der Waals surface area contributed by atoms with Gasteiger partial charge in [0, 0.05) is 33.2 Å². The molecule has 220 valence electrons. The molecule has 1 aliphatic heterocycles. The molecule has 0 radical (unpaired) electrons.